The first-order valence-corrected chi connectivity index (χ1v) is 9.04. The lowest BCUT2D eigenvalue weighted by Gasteiger charge is -2.44. The molecule has 1 atom stereocenters. The van der Waals surface area contributed by atoms with E-state index in [1.807, 2.05) is 0 Å². The first-order chi connectivity index (χ1) is 11.5. The molecular weight excluding hydrogens is 304 g/mol. The Bertz CT molecular complexity index is 450. The van der Waals surface area contributed by atoms with Crippen molar-refractivity contribution in [2.24, 2.45) is 4.99 Å². The molecule has 2 aliphatic rings. The highest BCUT2D eigenvalue weighted by Gasteiger charge is 2.38. The Morgan fingerprint density at radius 1 is 1.38 bits per heavy atom. The Labute approximate surface area is 145 Å². The summed E-state index contributed by atoms with van der Waals surface area (Å²) in [6, 6.07) is 0.336. The number of amides is 1. The van der Waals surface area contributed by atoms with Crippen LogP contribution in [0.2, 0.25) is 0 Å². The van der Waals surface area contributed by atoms with Crippen molar-refractivity contribution in [2.75, 3.05) is 33.8 Å². The number of nitrogens with one attached hydrogen (secondary N) is 2. The third-order valence-electron chi connectivity index (χ3n) is 4.88. The molecule has 6 nitrogen and oxygen atoms in total. The minimum Gasteiger partial charge on any atom is -0.375 e. The van der Waals surface area contributed by atoms with Gasteiger partial charge >= 0.3 is 0 Å². The summed E-state index contributed by atoms with van der Waals surface area (Å²) < 4.78 is 6.15. The van der Waals surface area contributed by atoms with Crippen LogP contribution < -0.4 is 10.6 Å². The summed E-state index contributed by atoms with van der Waals surface area (Å²) in [5.41, 5.74) is 0.0527. The third kappa shape index (κ3) is 5.51. The maximum Gasteiger partial charge on any atom is 0.243 e. The molecule has 2 N–H and O–H groups in total. The molecule has 1 unspecified atom stereocenters. The Hall–Kier alpha value is -1.56. The molecule has 2 rings (SSSR count). The summed E-state index contributed by atoms with van der Waals surface area (Å²) in [6.45, 7) is 5.29. The van der Waals surface area contributed by atoms with Crippen molar-refractivity contribution < 1.29 is 9.53 Å². The van der Waals surface area contributed by atoms with Crippen LogP contribution in [-0.4, -0.2) is 62.2 Å². The van der Waals surface area contributed by atoms with Gasteiger partial charge in [-0.2, -0.15) is 0 Å². The fraction of sp³-hybridized carbons (Fsp3) is 0.778. The first kappa shape index (κ1) is 18.8. The molecule has 1 aliphatic carbocycles. The molecule has 0 aromatic carbocycles. The van der Waals surface area contributed by atoms with Gasteiger partial charge < -0.3 is 20.3 Å². The maximum atomic E-state index is 11.8. The summed E-state index contributed by atoms with van der Waals surface area (Å²) in [6.07, 6.45) is 9.95. The van der Waals surface area contributed by atoms with Gasteiger partial charge in [0.15, 0.2) is 5.96 Å². The molecule has 1 aliphatic heterocycles. The van der Waals surface area contributed by atoms with E-state index in [1.165, 1.54) is 19.3 Å². The number of rotatable bonds is 5. The zero-order valence-corrected chi connectivity index (χ0v) is 15.1. The number of hydrogen-bond acceptors (Lipinski definition) is 3. The summed E-state index contributed by atoms with van der Waals surface area (Å²) in [5, 5.41) is 6.71. The van der Waals surface area contributed by atoms with Gasteiger partial charge in [0, 0.05) is 33.3 Å². The van der Waals surface area contributed by atoms with Gasteiger partial charge in [-0.25, -0.2) is 4.99 Å². The normalized spacial score (nSPS) is 23.6. The Morgan fingerprint density at radius 3 is 2.79 bits per heavy atom. The summed E-state index contributed by atoms with van der Waals surface area (Å²) in [5.74, 6) is 0.674. The van der Waals surface area contributed by atoms with Crippen LogP contribution in [-0.2, 0) is 9.53 Å². The number of likely N-dealkylation sites (N-methyl/N-ethyl adjacent to an activating group) is 1. The van der Waals surface area contributed by atoms with E-state index in [2.05, 4.69) is 22.2 Å². The van der Waals surface area contributed by atoms with Gasteiger partial charge in [0.1, 0.15) is 6.54 Å². The number of hydrogen-bond donors (Lipinski definition) is 2. The Kier molecular flexibility index (Phi) is 7.09. The Morgan fingerprint density at radius 2 is 2.12 bits per heavy atom. The number of guanidine groups is 1. The fourth-order valence-corrected chi connectivity index (χ4v) is 3.50. The van der Waals surface area contributed by atoms with E-state index in [9.17, 15) is 4.79 Å². The summed E-state index contributed by atoms with van der Waals surface area (Å²) in [4.78, 5) is 17.8. The molecule has 1 saturated carbocycles. The van der Waals surface area contributed by atoms with Crippen molar-refractivity contribution in [2.45, 2.75) is 56.6 Å². The molecule has 0 bridgehead atoms. The minimum absolute atomic E-state index is 0.00886. The van der Waals surface area contributed by atoms with Gasteiger partial charge in [-0.05, 0) is 25.7 Å². The van der Waals surface area contributed by atoms with Crippen molar-refractivity contribution in [3.05, 3.63) is 12.7 Å². The van der Waals surface area contributed by atoms with Crippen molar-refractivity contribution >= 4 is 11.9 Å². The molecule has 0 aromatic heterocycles. The van der Waals surface area contributed by atoms with E-state index < -0.39 is 0 Å². The van der Waals surface area contributed by atoms with E-state index in [-0.39, 0.29) is 18.1 Å². The quantitative estimate of drug-likeness (QED) is 0.455. The highest BCUT2D eigenvalue weighted by atomic mass is 16.5. The number of carbonyl (C=O) groups is 1. The predicted octanol–water partition coefficient (Wildman–Crippen LogP) is 1.68. The number of carbonyl (C=O) groups excluding carboxylic acids is 1. The average molecular weight is 336 g/mol. The highest BCUT2D eigenvalue weighted by molar-refractivity contribution is 5.85. The summed E-state index contributed by atoms with van der Waals surface area (Å²) in [7, 11) is 3.49. The molecule has 0 aromatic rings. The van der Waals surface area contributed by atoms with E-state index in [4.69, 9.17) is 4.74 Å². The number of aliphatic imine (C=N–C) groups is 1. The van der Waals surface area contributed by atoms with Crippen LogP contribution in [0.3, 0.4) is 0 Å². The van der Waals surface area contributed by atoms with Crippen molar-refractivity contribution in [1.29, 1.82) is 0 Å². The Balaban J connectivity index is 1.95. The molecule has 2 fully saturated rings. The van der Waals surface area contributed by atoms with Crippen molar-refractivity contribution in [3.63, 3.8) is 0 Å². The smallest absolute Gasteiger partial charge is 0.243 e. The van der Waals surface area contributed by atoms with Gasteiger partial charge in [0.05, 0.1) is 5.60 Å². The SMILES string of the molecule is C=CCNC(=NCC(=O)N(C)C)NC1CCOC2(CCCCC2)C1. The van der Waals surface area contributed by atoms with Gasteiger partial charge in [-0.1, -0.05) is 25.3 Å². The van der Waals surface area contributed by atoms with Gasteiger partial charge in [0.25, 0.3) is 0 Å². The van der Waals surface area contributed by atoms with Gasteiger partial charge in [-0.3, -0.25) is 4.79 Å². The van der Waals surface area contributed by atoms with Crippen molar-refractivity contribution in [3.8, 4) is 0 Å². The third-order valence-corrected chi connectivity index (χ3v) is 4.88. The highest BCUT2D eigenvalue weighted by Crippen LogP contribution is 2.38. The molecule has 24 heavy (non-hydrogen) atoms. The van der Waals surface area contributed by atoms with Crippen LogP contribution >= 0.6 is 0 Å². The fourth-order valence-electron chi connectivity index (χ4n) is 3.50. The second-order valence-corrected chi connectivity index (χ2v) is 7.05. The van der Waals surface area contributed by atoms with Crippen LogP contribution in [0.4, 0.5) is 0 Å². The molecule has 1 amide bonds. The van der Waals surface area contributed by atoms with E-state index in [0.29, 0.717) is 18.5 Å². The van der Waals surface area contributed by atoms with E-state index in [1.54, 1.807) is 25.1 Å². The van der Waals surface area contributed by atoms with Crippen LogP contribution in [0.15, 0.2) is 17.6 Å². The van der Waals surface area contributed by atoms with Crippen LogP contribution in [0.1, 0.15) is 44.9 Å². The predicted molar refractivity (Wildman–Crippen MR) is 97.1 cm³/mol. The maximum absolute atomic E-state index is 11.8. The lowest BCUT2D eigenvalue weighted by molar-refractivity contribution is -0.127. The number of ether oxygens (including phenoxy) is 1. The van der Waals surface area contributed by atoms with E-state index >= 15 is 0 Å². The monoisotopic (exact) mass is 336 g/mol. The molecule has 1 heterocycles. The number of nitrogens with zero attached hydrogens (tertiary/aromatic N) is 2. The topological polar surface area (TPSA) is 66.0 Å². The first-order valence-electron chi connectivity index (χ1n) is 9.04. The largest absolute Gasteiger partial charge is 0.375 e. The van der Waals surface area contributed by atoms with Gasteiger partial charge in [-0.15, -0.1) is 6.58 Å². The molecule has 136 valence electrons. The van der Waals surface area contributed by atoms with Crippen LogP contribution in [0.5, 0.6) is 0 Å². The molecule has 0 radical (unpaired) electrons. The molecule has 1 spiro atoms. The zero-order chi connectivity index (χ0) is 17.4. The van der Waals surface area contributed by atoms with Crippen LogP contribution in [0.25, 0.3) is 0 Å². The molecule has 6 heteroatoms. The standard InChI is InChI=1S/C18H32N4O2/c1-4-11-19-17(20-14-16(23)22(2)3)21-15-8-12-24-18(13-15)9-6-5-7-10-18/h4,15H,1,5-14H2,2-3H3,(H2,19,20,21). The van der Waals surface area contributed by atoms with Crippen molar-refractivity contribution in [1.82, 2.24) is 15.5 Å². The zero-order valence-electron chi connectivity index (χ0n) is 15.1. The van der Waals surface area contributed by atoms with Gasteiger partial charge in [0.2, 0.25) is 5.91 Å². The average Bonchev–Trinajstić information content (AvgIpc) is 2.57. The van der Waals surface area contributed by atoms with Crippen LogP contribution in [0, 0.1) is 0 Å². The summed E-state index contributed by atoms with van der Waals surface area (Å²) >= 11 is 0. The lowest BCUT2D eigenvalue weighted by atomic mass is 9.78. The van der Waals surface area contributed by atoms with E-state index in [0.717, 1.165) is 32.3 Å². The molecular formula is C18H32N4O2. The molecule has 1 saturated heterocycles. The second-order valence-electron chi connectivity index (χ2n) is 7.05. The minimum atomic E-state index is -0.00886. The lowest BCUT2D eigenvalue weighted by Crippen LogP contribution is -2.52. The second kappa shape index (κ2) is 9.06.